The van der Waals surface area contributed by atoms with Gasteiger partial charge >= 0.3 is 0 Å². The Balaban J connectivity index is 1.00. The van der Waals surface area contributed by atoms with Gasteiger partial charge in [0.25, 0.3) is 0 Å². The molecule has 0 N–H and O–H groups in total. The maximum absolute atomic E-state index is 5.07. The summed E-state index contributed by atoms with van der Waals surface area (Å²) in [6.07, 6.45) is 0. The van der Waals surface area contributed by atoms with Crippen molar-refractivity contribution in [3.8, 4) is 51.0 Å². The molecule has 2 aliphatic rings. The van der Waals surface area contributed by atoms with Crippen LogP contribution in [-0.2, 0) is 5.41 Å². The van der Waals surface area contributed by atoms with Crippen LogP contribution in [0.25, 0.3) is 104 Å². The zero-order valence-corrected chi connectivity index (χ0v) is 33.5. The number of nitrogens with zero attached hydrogens (tertiary/aromatic N) is 4. The number of hydrogen-bond acceptors (Lipinski definition) is 4. The van der Waals surface area contributed by atoms with Crippen LogP contribution in [0.4, 0.5) is 0 Å². The summed E-state index contributed by atoms with van der Waals surface area (Å²) in [6, 6.07) is 70.7. The summed E-state index contributed by atoms with van der Waals surface area (Å²) < 4.78 is 4.99. The molecule has 61 heavy (non-hydrogen) atoms. The molecule has 12 aromatic rings. The smallest absolute Gasteiger partial charge is 0.164 e. The Morgan fingerprint density at radius 1 is 0.377 bits per heavy atom. The van der Waals surface area contributed by atoms with Gasteiger partial charge < -0.3 is 4.57 Å². The van der Waals surface area contributed by atoms with Crippen LogP contribution in [0, 0.1) is 0 Å². The first-order valence-corrected chi connectivity index (χ1v) is 21.6. The van der Waals surface area contributed by atoms with Crippen LogP contribution in [-0.4, -0.2) is 19.5 Å². The third kappa shape index (κ3) is 4.40. The van der Waals surface area contributed by atoms with Gasteiger partial charge in [0, 0.05) is 53.3 Å². The van der Waals surface area contributed by atoms with Crippen LogP contribution in [0.15, 0.2) is 194 Å². The Morgan fingerprint density at radius 2 is 0.918 bits per heavy atom. The lowest BCUT2D eigenvalue weighted by Gasteiger charge is -2.37. The third-order valence-electron chi connectivity index (χ3n) is 13.2. The summed E-state index contributed by atoms with van der Waals surface area (Å²) >= 11 is 1.83. The van der Waals surface area contributed by atoms with Gasteiger partial charge in [-0.15, -0.1) is 11.3 Å². The average molecular weight is 793 g/mol. The SMILES string of the molecule is c1ccc(-c2nc(-c3ccccc3)nc(-c3ccc4sc5ccc(-n6c7cccc8c7c7c9c(cccc9ccc76)C86c7ccccc7-c7ccccc76)cc5c4c3)n2)cc1. The number of aromatic nitrogens is 4. The molecule has 0 unspecified atom stereocenters. The minimum atomic E-state index is -0.431. The highest BCUT2D eigenvalue weighted by Crippen LogP contribution is 2.62. The zero-order valence-electron chi connectivity index (χ0n) is 32.7. The molecule has 14 rings (SSSR count). The second-order valence-electron chi connectivity index (χ2n) is 16.3. The van der Waals surface area contributed by atoms with Gasteiger partial charge in [-0.3, -0.25) is 0 Å². The van der Waals surface area contributed by atoms with E-state index >= 15 is 0 Å². The predicted molar refractivity (Wildman–Crippen MR) is 252 cm³/mol. The van der Waals surface area contributed by atoms with Crippen LogP contribution >= 0.6 is 11.3 Å². The van der Waals surface area contributed by atoms with E-state index in [0.717, 1.165) is 22.4 Å². The highest BCUT2D eigenvalue weighted by atomic mass is 32.1. The quantitative estimate of drug-likeness (QED) is 0.178. The van der Waals surface area contributed by atoms with E-state index in [0.29, 0.717) is 17.5 Å². The Kier molecular flexibility index (Phi) is 6.61. The minimum Gasteiger partial charge on any atom is -0.309 e. The fraction of sp³-hybridized carbons (Fsp3) is 0.0179. The van der Waals surface area contributed by atoms with E-state index in [4.69, 9.17) is 15.0 Å². The van der Waals surface area contributed by atoms with Crippen LogP contribution in [0.1, 0.15) is 22.3 Å². The lowest BCUT2D eigenvalue weighted by atomic mass is 9.63. The maximum Gasteiger partial charge on any atom is 0.164 e. The Bertz CT molecular complexity index is 3720. The number of hydrogen-bond donors (Lipinski definition) is 0. The molecule has 5 heteroatoms. The van der Waals surface area contributed by atoms with Crippen molar-refractivity contribution in [1.82, 2.24) is 19.5 Å². The molecular formula is C56H32N4S. The monoisotopic (exact) mass is 792 g/mol. The van der Waals surface area contributed by atoms with Crippen molar-refractivity contribution >= 4 is 64.1 Å². The minimum absolute atomic E-state index is 0.431. The fourth-order valence-corrected chi connectivity index (χ4v) is 11.8. The third-order valence-corrected chi connectivity index (χ3v) is 14.4. The molecule has 0 saturated heterocycles. The predicted octanol–water partition coefficient (Wildman–Crippen LogP) is 14.2. The van der Waals surface area contributed by atoms with E-state index in [-0.39, 0.29) is 0 Å². The van der Waals surface area contributed by atoms with Crippen LogP contribution < -0.4 is 0 Å². The molecule has 3 heterocycles. The summed E-state index contributed by atoms with van der Waals surface area (Å²) in [7, 11) is 0. The molecule has 0 radical (unpaired) electrons. The van der Waals surface area contributed by atoms with Gasteiger partial charge in [-0.25, -0.2) is 15.0 Å². The van der Waals surface area contributed by atoms with E-state index in [1.54, 1.807) is 0 Å². The zero-order chi connectivity index (χ0) is 39.8. The first-order chi connectivity index (χ1) is 30.2. The topological polar surface area (TPSA) is 43.6 Å². The van der Waals surface area contributed by atoms with Gasteiger partial charge in [-0.2, -0.15) is 0 Å². The van der Waals surface area contributed by atoms with Gasteiger partial charge in [0.05, 0.1) is 16.4 Å². The summed E-state index contributed by atoms with van der Waals surface area (Å²) in [5, 5.41) is 7.71. The van der Waals surface area contributed by atoms with Crippen LogP contribution in [0.5, 0.6) is 0 Å². The van der Waals surface area contributed by atoms with Crippen molar-refractivity contribution < 1.29 is 0 Å². The van der Waals surface area contributed by atoms with Gasteiger partial charge in [0.15, 0.2) is 17.5 Å². The number of benzene rings is 9. The van der Waals surface area contributed by atoms with Gasteiger partial charge in [-0.1, -0.05) is 146 Å². The molecule has 0 aliphatic heterocycles. The first kappa shape index (κ1) is 33.1. The van der Waals surface area contributed by atoms with Crippen molar-refractivity contribution in [2.45, 2.75) is 5.41 Å². The van der Waals surface area contributed by atoms with Crippen molar-refractivity contribution in [1.29, 1.82) is 0 Å². The molecule has 1 spiro atoms. The molecule has 0 bridgehead atoms. The number of rotatable bonds is 4. The molecular weight excluding hydrogens is 761 g/mol. The van der Waals surface area contributed by atoms with E-state index in [1.807, 2.05) is 47.7 Å². The summed E-state index contributed by atoms with van der Waals surface area (Å²) in [4.78, 5) is 15.1. The van der Waals surface area contributed by atoms with Gasteiger partial charge in [0.1, 0.15) is 0 Å². The van der Waals surface area contributed by atoms with Crippen molar-refractivity contribution in [2.24, 2.45) is 0 Å². The van der Waals surface area contributed by atoms with E-state index < -0.39 is 5.41 Å². The molecule has 0 atom stereocenters. The Labute approximate surface area is 354 Å². The maximum atomic E-state index is 5.07. The molecule has 3 aromatic heterocycles. The Hall–Kier alpha value is -7.73. The Morgan fingerprint density at radius 3 is 1.61 bits per heavy atom. The highest BCUT2D eigenvalue weighted by molar-refractivity contribution is 7.25. The molecule has 9 aromatic carbocycles. The van der Waals surface area contributed by atoms with Crippen LogP contribution in [0.3, 0.4) is 0 Å². The van der Waals surface area contributed by atoms with Crippen molar-refractivity contribution in [3.05, 3.63) is 216 Å². The molecule has 4 nitrogen and oxygen atoms in total. The summed E-state index contributed by atoms with van der Waals surface area (Å²) in [5.41, 5.74) is 14.1. The molecule has 282 valence electrons. The largest absolute Gasteiger partial charge is 0.309 e. The van der Waals surface area contributed by atoms with E-state index in [9.17, 15) is 0 Å². The van der Waals surface area contributed by atoms with E-state index in [1.165, 1.54) is 86.1 Å². The lowest BCUT2D eigenvalue weighted by molar-refractivity contribution is 0.783. The highest BCUT2D eigenvalue weighted by Gasteiger charge is 2.49. The van der Waals surface area contributed by atoms with Crippen LogP contribution in [0.2, 0.25) is 0 Å². The lowest BCUT2D eigenvalue weighted by Crippen LogP contribution is -2.30. The first-order valence-electron chi connectivity index (χ1n) is 20.8. The average Bonchev–Trinajstić information content (AvgIpc) is 3.97. The molecule has 2 aliphatic carbocycles. The normalized spacial score (nSPS) is 13.4. The van der Waals surface area contributed by atoms with Crippen molar-refractivity contribution in [2.75, 3.05) is 0 Å². The second-order valence-corrected chi connectivity index (χ2v) is 17.4. The standard InChI is InChI=1S/C56H32N4S/c1-3-13-34(14-4-1)53-57-54(35-15-5-2-6-16-35)59-55(58-53)36-26-29-48-40(31-36)41-32-37(27-30-49(41)61-48)60-46-24-12-23-45-51(46)52-47(60)28-25-33-17-11-22-44(50(33)52)56(45)42-20-9-7-18-38(42)39-19-8-10-21-43(39)56/h1-32H. The number of thiophene rings is 1. The van der Waals surface area contributed by atoms with Crippen molar-refractivity contribution in [3.63, 3.8) is 0 Å². The molecule has 0 fully saturated rings. The number of fused-ring (bicyclic) bond motifs is 10. The van der Waals surface area contributed by atoms with Gasteiger partial charge in [-0.05, 0) is 92.7 Å². The summed E-state index contributed by atoms with van der Waals surface area (Å²) in [6.45, 7) is 0. The molecule has 0 amide bonds. The van der Waals surface area contributed by atoms with Gasteiger partial charge in [0.2, 0.25) is 0 Å². The molecule has 0 saturated carbocycles. The van der Waals surface area contributed by atoms with E-state index in [2.05, 4.69) is 162 Å². The fourth-order valence-electron chi connectivity index (χ4n) is 10.8. The summed E-state index contributed by atoms with van der Waals surface area (Å²) in [5.74, 6) is 1.98. The second kappa shape index (κ2) is 12.2.